The van der Waals surface area contributed by atoms with E-state index in [1.807, 2.05) is 0 Å². The zero-order chi connectivity index (χ0) is 29.8. The number of methoxy groups -OCH3 is 3. The molecule has 0 aromatic rings. The number of amides is 3. The van der Waals surface area contributed by atoms with Crippen LogP contribution in [-0.2, 0) is 14.2 Å². The van der Waals surface area contributed by atoms with Crippen molar-refractivity contribution in [3.63, 3.8) is 0 Å². The smallest absolute Gasteiger partial charge is 0.409 e. The number of ether oxygens (including phenoxy) is 3. The van der Waals surface area contributed by atoms with Crippen LogP contribution in [0.5, 0.6) is 0 Å². The van der Waals surface area contributed by atoms with Gasteiger partial charge in [-0.15, -0.1) is 0 Å². The van der Waals surface area contributed by atoms with E-state index < -0.39 is 18.3 Å². The summed E-state index contributed by atoms with van der Waals surface area (Å²) in [6.45, 7) is 18.1. The van der Waals surface area contributed by atoms with Crippen molar-refractivity contribution in [3.8, 4) is 0 Å². The normalized spacial score (nSPS) is 21.9. The number of piperidine rings is 2. The van der Waals surface area contributed by atoms with Crippen molar-refractivity contribution in [2.75, 3.05) is 47.5 Å². The first kappa shape index (κ1) is 32.9. The standard InChI is InChI=1S/C28H53N5O6/c1-25(2)16-20(17-26(3,4)29-25)32(23(35)38-10)14-12-31(22(34)37-9)13-15-33(24(36)39-11)21-18-27(5,6)30-28(7,8)19-21/h20-21,29-30H,12-19H2,1-11H3. The van der Waals surface area contributed by atoms with E-state index in [0.29, 0.717) is 0 Å². The Morgan fingerprint density at radius 3 is 1.10 bits per heavy atom. The molecule has 3 amide bonds. The predicted octanol–water partition coefficient (Wildman–Crippen LogP) is 3.81. The van der Waals surface area contributed by atoms with Gasteiger partial charge in [-0.25, -0.2) is 14.4 Å². The SMILES string of the molecule is COC(=O)N(CCN(C(=O)OC)C1CC(C)(C)NC(C)(C)C1)CCN(C(=O)OC)C1CC(C)(C)NC(C)(C)C1. The van der Waals surface area contributed by atoms with Gasteiger partial charge in [-0.05, 0) is 81.1 Å². The Morgan fingerprint density at radius 1 is 0.564 bits per heavy atom. The lowest BCUT2D eigenvalue weighted by Gasteiger charge is -2.49. The van der Waals surface area contributed by atoms with Crippen LogP contribution in [0.3, 0.4) is 0 Å². The summed E-state index contributed by atoms with van der Waals surface area (Å²) in [5, 5.41) is 7.28. The molecule has 2 fully saturated rings. The first-order valence-electron chi connectivity index (χ1n) is 13.9. The fourth-order valence-electron chi connectivity index (χ4n) is 6.94. The molecule has 0 aromatic heterocycles. The molecule has 2 aliphatic rings. The van der Waals surface area contributed by atoms with Crippen LogP contribution in [-0.4, -0.2) is 115 Å². The van der Waals surface area contributed by atoms with Gasteiger partial charge in [0.1, 0.15) is 0 Å². The summed E-state index contributed by atoms with van der Waals surface area (Å²) in [5.41, 5.74) is -0.674. The maximum absolute atomic E-state index is 12.9. The summed E-state index contributed by atoms with van der Waals surface area (Å²) >= 11 is 0. The highest BCUT2D eigenvalue weighted by molar-refractivity contribution is 5.70. The van der Waals surface area contributed by atoms with Crippen LogP contribution in [0.4, 0.5) is 14.4 Å². The van der Waals surface area contributed by atoms with Crippen molar-refractivity contribution in [3.05, 3.63) is 0 Å². The van der Waals surface area contributed by atoms with Crippen LogP contribution in [0.25, 0.3) is 0 Å². The highest BCUT2D eigenvalue weighted by Gasteiger charge is 2.43. The largest absolute Gasteiger partial charge is 0.453 e. The summed E-state index contributed by atoms with van der Waals surface area (Å²) in [7, 11) is 4.09. The van der Waals surface area contributed by atoms with Gasteiger partial charge in [0.2, 0.25) is 0 Å². The van der Waals surface area contributed by atoms with Crippen LogP contribution in [0, 0.1) is 0 Å². The van der Waals surface area contributed by atoms with Crippen LogP contribution in [0.1, 0.15) is 81.1 Å². The number of hydrogen-bond acceptors (Lipinski definition) is 8. The fourth-order valence-corrected chi connectivity index (χ4v) is 6.94. The van der Waals surface area contributed by atoms with Crippen LogP contribution in [0.15, 0.2) is 0 Å². The van der Waals surface area contributed by atoms with Crippen molar-refractivity contribution in [2.45, 2.75) is 115 Å². The third-order valence-corrected chi connectivity index (χ3v) is 7.69. The first-order valence-corrected chi connectivity index (χ1v) is 13.9. The maximum atomic E-state index is 12.9. The minimum Gasteiger partial charge on any atom is -0.453 e. The minimum absolute atomic E-state index is 0.0611. The average molecular weight is 556 g/mol. The molecule has 0 spiro atoms. The highest BCUT2D eigenvalue weighted by Crippen LogP contribution is 2.33. The average Bonchev–Trinajstić information content (AvgIpc) is 2.77. The van der Waals surface area contributed by atoms with Gasteiger partial charge in [0.25, 0.3) is 0 Å². The fraction of sp³-hybridized carbons (Fsp3) is 0.893. The molecule has 0 aliphatic carbocycles. The molecule has 0 unspecified atom stereocenters. The summed E-state index contributed by atoms with van der Waals surface area (Å²) in [5.74, 6) is 0. The Labute approximate surface area is 235 Å². The van der Waals surface area contributed by atoms with Gasteiger partial charge in [-0.1, -0.05) is 0 Å². The molecule has 2 aliphatic heterocycles. The molecule has 0 radical (unpaired) electrons. The third kappa shape index (κ3) is 9.41. The molecule has 2 saturated heterocycles. The lowest BCUT2D eigenvalue weighted by molar-refractivity contribution is 0.0400. The van der Waals surface area contributed by atoms with Crippen molar-refractivity contribution in [1.29, 1.82) is 0 Å². The number of nitrogens with one attached hydrogen (secondary N) is 2. The zero-order valence-electron chi connectivity index (χ0n) is 26.1. The molecule has 39 heavy (non-hydrogen) atoms. The molecule has 0 bridgehead atoms. The van der Waals surface area contributed by atoms with Crippen LogP contribution >= 0.6 is 0 Å². The van der Waals surface area contributed by atoms with Crippen molar-refractivity contribution in [2.24, 2.45) is 0 Å². The molecule has 0 aromatic carbocycles. The monoisotopic (exact) mass is 555 g/mol. The van der Waals surface area contributed by atoms with E-state index >= 15 is 0 Å². The van der Waals surface area contributed by atoms with E-state index in [2.05, 4.69) is 66.0 Å². The van der Waals surface area contributed by atoms with Gasteiger partial charge in [0.05, 0.1) is 21.3 Å². The Balaban J connectivity index is 2.20. The molecule has 0 saturated carbocycles. The van der Waals surface area contributed by atoms with E-state index in [9.17, 15) is 14.4 Å². The Morgan fingerprint density at radius 2 is 0.846 bits per heavy atom. The summed E-state index contributed by atoms with van der Waals surface area (Å²) in [4.78, 5) is 43.5. The Hall–Kier alpha value is -2.27. The number of carbonyl (C=O) groups is 3. The van der Waals surface area contributed by atoms with Crippen molar-refractivity contribution in [1.82, 2.24) is 25.3 Å². The quantitative estimate of drug-likeness (QED) is 0.435. The third-order valence-electron chi connectivity index (χ3n) is 7.69. The van der Waals surface area contributed by atoms with Gasteiger partial charge in [0, 0.05) is 60.4 Å². The van der Waals surface area contributed by atoms with E-state index in [4.69, 9.17) is 14.2 Å². The maximum Gasteiger partial charge on any atom is 0.409 e. The van der Waals surface area contributed by atoms with Gasteiger partial charge in [-0.3, -0.25) is 0 Å². The second-order valence-corrected chi connectivity index (χ2v) is 13.7. The molecular weight excluding hydrogens is 502 g/mol. The second-order valence-electron chi connectivity index (χ2n) is 13.7. The topological polar surface area (TPSA) is 113 Å². The Kier molecular flexibility index (Phi) is 10.6. The lowest BCUT2D eigenvalue weighted by atomic mass is 9.79. The summed E-state index contributed by atoms with van der Waals surface area (Å²) in [6.07, 6.45) is 1.65. The van der Waals surface area contributed by atoms with E-state index in [-0.39, 0.29) is 60.4 Å². The molecule has 2 heterocycles. The predicted molar refractivity (Wildman–Crippen MR) is 151 cm³/mol. The zero-order valence-corrected chi connectivity index (χ0v) is 26.1. The van der Waals surface area contributed by atoms with Crippen LogP contribution < -0.4 is 10.6 Å². The molecular formula is C28H53N5O6. The first-order chi connectivity index (χ1) is 17.8. The molecule has 0 atom stereocenters. The van der Waals surface area contributed by atoms with Gasteiger partial charge in [-0.2, -0.15) is 0 Å². The minimum atomic E-state index is -0.512. The number of rotatable bonds is 8. The molecule has 2 N–H and O–H groups in total. The second kappa shape index (κ2) is 12.5. The molecule has 2 rings (SSSR count). The van der Waals surface area contributed by atoms with Gasteiger partial charge >= 0.3 is 18.3 Å². The summed E-state index contributed by atoms with van der Waals surface area (Å²) < 4.78 is 15.4. The molecule has 11 nitrogen and oxygen atoms in total. The Bertz CT molecular complexity index is 781. The number of nitrogens with zero attached hydrogens (tertiary/aromatic N) is 3. The van der Waals surface area contributed by atoms with Crippen molar-refractivity contribution < 1.29 is 28.6 Å². The van der Waals surface area contributed by atoms with Crippen molar-refractivity contribution >= 4 is 18.3 Å². The lowest BCUT2D eigenvalue weighted by Crippen LogP contribution is -2.63. The number of hydrogen-bond donors (Lipinski definition) is 2. The van der Waals surface area contributed by atoms with Crippen LogP contribution in [0.2, 0.25) is 0 Å². The highest BCUT2D eigenvalue weighted by atomic mass is 16.6. The van der Waals surface area contributed by atoms with E-state index in [1.54, 1.807) is 14.7 Å². The van der Waals surface area contributed by atoms with E-state index in [0.717, 1.165) is 25.7 Å². The van der Waals surface area contributed by atoms with Gasteiger partial charge < -0.3 is 39.5 Å². The van der Waals surface area contributed by atoms with Gasteiger partial charge in [0.15, 0.2) is 0 Å². The molecule has 226 valence electrons. The molecule has 11 heteroatoms. The van der Waals surface area contributed by atoms with E-state index in [1.165, 1.54) is 21.3 Å². The summed E-state index contributed by atoms with van der Waals surface area (Å²) in [6, 6.07) is -0.122. The number of carbonyl (C=O) groups excluding carboxylic acids is 3.